The quantitative estimate of drug-likeness (QED) is 0.456. The molecule has 3 heteroatoms. The first-order valence-corrected chi connectivity index (χ1v) is 7.45. The van der Waals surface area contributed by atoms with Crippen molar-refractivity contribution in [1.29, 1.82) is 0 Å². The molecule has 0 saturated carbocycles. The van der Waals surface area contributed by atoms with E-state index in [0.717, 1.165) is 12.8 Å². The molecule has 0 amide bonds. The third-order valence-corrected chi connectivity index (χ3v) is 3.72. The Morgan fingerprint density at radius 3 is 2.41 bits per heavy atom. The monoisotopic (exact) mass is 250 g/mol. The molecule has 0 fully saturated rings. The van der Waals surface area contributed by atoms with Crippen molar-refractivity contribution < 1.29 is 8.42 Å². The molecule has 0 atom stereocenters. The van der Waals surface area contributed by atoms with E-state index in [1.165, 1.54) is 12.8 Å². The maximum absolute atomic E-state index is 11.7. The third-order valence-electron chi connectivity index (χ3n) is 2.42. The van der Waals surface area contributed by atoms with Gasteiger partial charge in [0.25, 0.3) is 0 Å². The average Bonchev–Trinajstić information content (AvgIpc) is 2.35. The number of hydrogen-bond acceptors (Lipinski definition) is 2. The third kappa shape index (κ3) is 5.06. The largest absolute Gasteiger partial charge is 0.245 e. The van der Waals surface area contributed by atoms with Crippen molar-refractivity contribution >= 4 is 9.84 Å². The standard InChI is InChI=1S/C14H18O2S/c1-2-3-4-5-6-10-13-17(15,16)14-11-8-7-9-12-14/h7-9,11-12H,2-6H2,1H3. The van der Waals surface area contributed by atoms with E-state index in [9.17, 15) is 8.42 Å². The van der Waals surface area contributed by atoms with Crippen molar-refractivity contribution in [3.8, 4) is 11.2 Å². The van der Waals surface area contributed by atoms with Gasteiger partial charge in [-0.2, -0.15) is 0 Å². The average molecular weight is 250 g/mol. The van der Waals surface area contributed by atoms with E-state index in [0.29, 0.717) is 6.42 Å². The van der Waals surface area contributed by atoms with Crippen molar-refractivity contribution in [1.82, 2.24) is 0 Å². The van der Waals surface area contributed by atoms with E-state index >= 15 is 0 Å². The Labute approximate surface area is 104 Å². The first kappa shape index (κ1) is 13.8. The summed E-state index contributed by atoms with van der Waals surface area (Å²) in [4.78, 5) is 0.279. The zero-order chi connectivity index (χ0) is 12.6. The van der Waals surface area contributed by atoms with Crippen LogP contribution >= 0.6 is 0 Å². The van der Waals surface area contributed by atoms with Gasteiger partial charge in [0.15, 0.2) is 0 Å². The fraction of sp³-hybridized carbons (Fsp3) is 0.429. The summed E-state index contributed by atoms with van der Waals surface area (Å²) in [6, 6.07) is 8.34. The molecular weight excluding hydrogens is 232 g/mol. The van der Waals surface area contributed by atoms with E-state index in [1.54, 1.807) is 30.3 Å². The second-order valence-electron chi connectivity index (χ2n) is 3.91. The van der Waals surface area contributed by atoms with Crippen molar-refractivity contribution in [2.45, 2.75) is 43.9 Å². The van der Waals surface area contributed by atoms with Gasteiger partial charge in [0.05, 0.1) is 4.90 Å². The SMILES string of the molecule is CCCCCCC#CS(=O)(=O)c1ccccc1. The lowest BCUT2D eigenvalue weighted by Crippen LogP contribution is -1.95. The molecule has 0 radical (unpaired) electrons. The molecule has 0 aromatic heterocycles. The number of rotatable bonds is 5. The summed E-state index contributed by atoms with van der Waals surface area (Å²) >= 11 is 0. The Kier molecular flexibility index (Phi) is 5.79. The van der Waals surface area contributed by atoms with Crippen LogP contribution in [-0.4, -0.2) is 8.42 Å². The molecule has 92 valence electrons. The minimum absolute atomic E-state index is 0.279. The minimum atomic E-state index is -3.41. The molecule has 0 N–H and O–H groups in total. The lowest BCUT2D eigenvalue weighted by Gasteiger charge is -1.95. The van der Waals surface area contributed by atoms with Crippen LogP contribution in [0.3, 0.4) is 0 Å². The van der Waals surface area contributed by atoms with Crippen molar-refractivity contribution in [3.63, 3.8) is 0 Å². The van der Waals surface area contributed by atoms with Gasteiger partial charge in [-0.05, 0) is 18.6 Å². The molecule has 0 aliphatic carbocycles. The molecule has 0 aliphatic rings. The van der Waals surface area contributed by atoms with Crippen LogP contribution in [0.5, 0.6) is 0 Å². The van der Waals surface area contributed by atoms with Crippen LogP contribution in [0.2, 0.25) is 0 Å². The first-order valence-electron chi connectivity index (χ1n) is 5.96. The molecule has 0 bridgehead atoms. The highest BCUT2D eigenvalue weighted by atomic mass is 32.2. The van der Waals surface area contributed by atoms with E-state index in [-0.39, 0.29) is 4.90 Å². The Balaban J connectivity index is 2.54. The topological polar surface area (TPSA) is 34.1 Å². The van der Waals surface area contributed by atoms with Crippen LogP contribution < -0.4 is 0 Å². The van der Waals surface area contributed by atoms with Crippen LogP contribution in [-0.2, 0) is 9.84 Å². The summed E-state index contributed by atoms with van der Waals surface area (Å²) in [5.41, 5.74) is 0. The van der Waals surface area contributed by atoms with E-state index in [4.69, 9.17) is 0 Å². The molecule has 0 heterocycles. The molecule has 0 spiro atoms. The van der Waals surface area contributed by atoms with Gasteiger partial charge in [-0.3, -0.25) is 0 Å². The summed E-state index contributed by atoms with van der Waals surface area (Å²) in [6.07, 6.45) is 5.12. The molecule has 1 aromatic carbocycles. The predicted molar refractivity (Wildman–Crippen MR) is 70.2 cm³/mol. The second kappa shape index (κ2) is 7.13. The van der Waals surface area contributed by atoms with Gasteiger partial charge in [0.1, 0.15) is 0 Å². The summed E-state index contributed by atoms with van der Waals surface area (Å²) in [5.74, 6) is 2.75. The van der Waals surface area contributed by atoms with Gasteiger partial charge in [-0.25, -0.2) is 8.42 Å². The lowest BCUT2D eigenvalue weighted by molar-refractivity contribution is 0.606. The smallest absolute Gasteiger partial charge is 0.210 e. The van der Waals surface area contributed by atoms with Crippen LogP contribution in [0.1, 0.15) is 39.0 Å². The van der Waals surface area contributed by atoms with Crippen LogP contribution in [0, 0.1) is 11.2 Å². The summed E-state index contributed by atoms with van der Waals surface area (Å²) in [7, 11) is -3.41. The Morgan fingerprint density at radius 2 is 1.76 bits per heavy atom. The van der Waals surface area contributed by atoms with E-state index in [2.05, 4.69) is 18.1 Å². The van der Waals surface area contributed by atoms with E-state index < -0.39 is 9.84 Å². The van der Waals surface area contributed by atoms with Gasteiger partial charge < -0.3 is 0 Å². The molecular formula is C14H18O2S. The van der Waals surface area contributed by atoms with E-state index in [1.807, 2.05) is 0 Å². The normalized spacial score (nSPS) is 10.6. The van der Waals surface area contributed by atoms with Crippen molar-refractivity contribution in [3.05, 3.63) is 30.3 Å². The maximum Gasteiger partial charge on any atom is 0.245 e. The highest BCUT2D eigenvalue weighted by Crippen LogP contribution is 2.09. The van der Waals surface area contributed by atoms with Gasteiger partial charge in [-0.15, -0.1) is 0 Å². The molecule has 1 aromatic rings. The van der Waals surface area contributed by atoms with Crippen LogP contribution in [0.25, 0.3) is 0 Å². The van der Waals surface area contributed by atoms with Crippen LogP contribution in [0.4, 0.5) is 0 Å². The van der Waals surface area contributed by atoms with Gasteiger partial charge >= 0.3 is 0 Å². The number of unbranched alkanes of at least 4 members (excludes halogenated alkanes) is 4. The highest BCUT2D eigenvalue weighted by molar-refractivity contribution is 7.96. The number of hydrogen-bond donors (Lipinski definition) is 0. The minimum Gasteiger partial charge on any atom is -0.210 e. The Morgan fingerprint density at radius 1 is 1.06 bits per heavy atom. The predicted octanol–water partition coefficient (Wildman–Crippen LogP) is 3.39. The number of sulfone groups is 1. The van der Waals surface area contributed by atoms with Gasteiger partial charge in [0.2, 0.25) is 9.84 Å². The Hall–Kier alpha value is -1.27. The fourth-order valence-electron chi connectivity index (χ4n) is 1.44. The van der Waals surface area contributed by atoms with Crippen molar-refractivity contribution in [2.24, 2.45) is 0 Å². The summed E-state index contributed by atoms with van der Waals surface area (Å²) < 4.78 is 23.5. The number of benzene rings is 1. The maximum atomic E-state index is 11.7. The summed E-state index contributed by atoms with van der Waals surface area (Å²) in [5, 5.41) is 2.37. The molecule has 0 aliphatic heterocycles. The molecule has 1 rings (SSSR count). The molecule has 2 nitrogen and oxygen atoms in total. The molecule has 0 saturated heterocycles. The fourth-order valence-corrected chi connectivity index (χ4v) is 2.37. The van der Waals surface area contributed by atoms with Gasteiger partial charge in [0, 0.05) is 11.7 Å². The van der Waals surface area contributed by atoms with Gasteiger partial charge in [-0.1, -0.05) is 50.3 Å². The molecule has 17 heavy (non-hydrogen) atoms. The zero-order valence-corrected chi connectivity index (χ0v) is 11.0. The first-order chi connectivity index (χ1) is 8.17. The lowest BCUT2D eigenvalue weighted by atomic mass is 10.2. The van der Waals surface area contributed by atoms with Crippen molar-refractivity contribution in [2.75, 3.05) is 0 Å². The molecule has 0 unspecified atom stereocenters. The zero-order valence-electron chi connectivity index (χ0n) is 10.1. The second-order valence-corrected chi connectivity index (χ2v) is 5.59. The summed E-state index contributed by atoms with van der Waals surface area (Å²) in [6.45, 7) is 2.14. The highest BCUT2D eigenvalue weighted by Gasteiger charge is 2.08. The van der Waals surface area contributed by atoms with Crippen LogP contribution in [0.15, 0.2) is 35.2 Å². The Bertz CT molecular complexity index is 478.